The first kappa shape index (κ1) is 22.4. The Morgan fingerprint density at radius 3 is 2.35 bits per heavy atom. The molecule has 6 nitrogen and oxygen atoms in total. The number of carbonyl (C=O) groups is 1. The van der Waals surface area contributed by atoms with Gasteiger partial charge in [-0.2, -0.15) is 0 Å². The van der Waals surface area contributed by atoms with Crippen LogP contribution in [-0.4, -0.2) is 27.5 Å². The molecule has 3 aromatic carbocycles. The average molecular weight is 439 g/mol. The second-order valence-electron chi connectivity index (χ2n) is 7.26. The van der Waals surface area contributed by atoms with Crippen LogP contribution in [0.2, 0.25) is 0 Å². The zero-order chi connectivity index (χ0) is 22.3. The topological polar surface area (TPSA) is 84.5 Å². The zero-order valence-corrected chi connectivity index (χ0v) is 18.4. The smallest absolute Gasteiger partial charge is 0.261 e. The van der Waals surface area contributed by atoms with Gasteiger partial charge in [0.25, 0.3) is 15.9 Å². The quantitative estimate of drug-likeness (QED) is 0.523. The predicted octanol–water partition coefficient (Wildman–Crippen LogP) is 4.25. The minimum atomic E-state index is -3.78. The van der Waals surface area contributed by atoms with Gasteiger partial charge in [-0.15, -0.1) is 0 Å². The standard InChI is InChI=1S/C24H26N2O4S/c1-18(11-12-19-7-4-3-5-8-19)25-24(27)20-9-6-10-21(17-20)26-31(28,29)23-15-13-22(30-2)14-16-23/h3-10,13-18,26H,11-12H2,1-2H3,(H,25,27)/t18-/m0/s1. The van der Waals surface area contributed by atoms with Gasteiger partial charge in [0.15, 0.2) is 0 Å². The summed E-state index contributed by atoms with van der Waals surface area (Å²) < 4.78 is 32.8. The first-order valence-electron chi connectivity index (χ1n) is 9.99. The molecule has 0 aromatic heterocycles. The molecule has 0 fully saturated rings. The molecule has 1 amide bonds. The Kier molecular flexibility index (Phi) is 7.31. The Morgan fingerprint density at radius 1 is 0.968 bits per heavy atom. The van der Waals surface area contributed by atoms with Crippen molar-refractivity contribution in [3.63, 3.8) is 0 Å². The summed E-state index contributed by atoms with van der Waals surface area (Å²) in [6.45, 7) is 1.96. The van der Waals surface area contributed by atoms with Gasteiger partial charge in [0.2, 0.25) is 0 Å². The summed E-state index contributed by atoms with van der Waals surface area (Å²) in [6.07, 6.45) is 1.67. The van der Waals surface area contributed by atoms with Crippen molar-refractivity contribution in [3.8, 4) is 5.75 Å². The summed E-state index contributed by atoms with van der Waals surface area (Å²) in [6, 6.07) is 22.6. The Balaban J connectivity index is 1.62. The Morgan fingerprint density at radius 2 is 1.68 bits per heavy atom. The lowest BCUT2D eigenvalue weighted by Crippen LogP contribution is -2.32. The number of sulfonamides is 1. The molecule has 0 bridgehead atoms. The third kappa shape index (κ3) is 6.33. The molecule has 0 aliphatic heterocycles. The lowest BCUT2D eigenvalue weighted by Gasteiger charge is -2.15. The molecule has 0 spiro atoms. The van der Waals surface area contributed by atoms with Crippen LogP contribution in [-0.2, 0) is 16.4 Å². The summed E-state index contributed by atoms with van der Waals surface area (Å²) in [5, 5.41) is 2.97. The molecule has 0 saturated carbocycles. The van der Waals surface area contributed by atoms with Gasteiger partial charge in [-0.1, -0.05) is 36.4 Å². The molecule has 7 heteroatoms. The van der Waals surface area contributed by atoms with Crippen LogP contribution in [0.5, 0.6) is 5.75 Å². The number of ether oxygens (including phenoxy) is 1. The molecule has 0 heterocycles. The van der Waals surface area contributed by atoms with Crippen LogP contribution in [0.1, 0.15) is 29.3 Å². The summed E-state index contributed by atoms with van der Waals surface area (Å²) in [5.41, 5.74) is 1.93. The van der Waals surface area contributed by atoms with Gasteiger partial charge in [0.05, 0.1) is 12.0 Å². The minimum Gasteiger partial charge on any atom is -0.497 e. The first-order valence-corrected chi connectivity index (χ1v) is 11.5. The summed E-state index contributed by atoms with van der Waals surface area (Å²) >= 11 is 0. The lowest BCUT2D eigenvalue weighted by molar-refractivity contribution is 0.0938. The highest BCUT2D eigenvalue weighted by atomic mass is 32.2. The van der Waals surface area contributed by atoms with Gasteiger partial charge in [-0.25, -0.2) is 8.42 Å². The van der Waals surface area contributed by atoms with Crippen molar-refractivity contribution in [1.82, 2.24) is 5.32 Å². The molecule has 0 aliphatic carbocycles. The van der Waals surface area contributed by atoms with Crippen LogP contribution in [0.15, 0.2) is 83.8 Å². The molecule has 0 aliphatic rings. The molecular weight excluding hydrogens is 412 g/mol. The molecule has 0 saturated heterocycles. The number of hydrogen-bond acceptors (Lipinski definition) is 4. The van der Waals surface area contributed by atoms with Crippen molar-refractivity contribution in [2.75, 3.05) is 11.8 Å². The van der Waals surface area contributed by atoms with E-state index in [1.165, 1.54) is 30.9 Å². The van der Waals surface area contributed by atoms with Crippen LogP contribution in [0.3, 0.4) is 0 Å². The van der Waals surface area contributed by atoms with Crippen molar-refractivity contribution in [1.29, 1.82) is 0 Å². The van der Waals surface area contributed by atoms with Crippen molar-refractivity contribution in [2.24, 2.45) is 0 Å². The van der Waals surface area contributed by atoms with E-state index in [1.54, 1.807) is 30.3 Å². The van der Waals surface area contributed by atoms with Crippen molar-refractivity contribution < 1.29 is 17.9 Å². The Bertz CT molecular complexity index is 1110. The Hall–Kier alpha value is -3.32. The lowest BCUT2D eigenvalue weighted by atomic mass is 10.1. The number of nitrogens with one attached hydrogen (secondary N) is 2. The van der Waals surface area contributed by atoms with E-state index in [0.29, 0.717) is 17.0 Å². The van der Waals surface area contributed by atoms with Crippen molar-refractivity contribution in [2.45, 2.75) is 30.7 Å². The van der Waals surface area contributed by atoms with Gasteiger partial charge < -0.3 is 10.1 Å². The third-order valence-electron chi connectivity index (χ3n) is 4.83. The molecular formula is C24H26N2O4S. The predicted molar refractivity (Wildman–Crippen MR) is 122 cm³/mol. The highest BCUT2D eigenvalue weighted by molar-refractivity contribution is 7.92. The second-order valence-corrected chi connectivity index (χ2v) is 8.94. The van der Waals surface area contributed by atoms with Gasteiger partial charge in [0, 0.05) is 17.3 Å². The fraction of sp³-hybridized carbons (Fsp3) is 0.208. The second kappa shape index (κ2) is 10.1. The number of aryl methyl sites for hydroxylation is 1. The monoisotopic (exact) mass is 438 g/mol. The maximum Gasteiger partial charge on any atom is 0.261 e. The van der Waals surface area contributed by atoms with E-state index >= 15 is 0 Å². The first-order chi connectivity index (χ1) is 14.9. The Labute approximate surface area is 183 Å². The van der Waals surface area contributed by atoms with Crippen LogP contribution in [0.4, 0.5) is 5.69 Å². The van der Waals surface area contributed by atoms with E-state index in [-0.39, 0.29) is 16.8 Å². The normalized spacial score (nSPS) is 12.1. The third-order valence-corrected chi connectivity index (χ3v) is 6.23. The van der Waals surface area contributed by atoms with Crippen LogP contribution in [0.25, 0.3) is 0 Å². The number of carbonyl (C=O) groups excluding carboxylic acids is 1. The number of anilines is 1. The fourth-order valence-corrected chi connectivity index (χ4v) is 4.15. The van der Waals surface area contributed by atoms with E-state index in [0.717, 1.165) is 12.8 Å². The van der Waals surface area contributed by atoms with E-state index in [1.807, 2.05) is 25.1 Å². The van der Waals surface area contributed by atoms with Gasteiger partial charge in [-0.05, 0) is 67.8 Å². The number of methoxy groups -OCH3 is 1. The van der Waals surface area contributed by atoms with Gasteiger partial charge in [0.1, 0.15) is 5.75 Å². The largest absolute Gasteiger partial charge is 0.497 e. The summed E-state index contributed by atoms with van der Waals surface area (Å²) in [5.74, 6) is 0.324. The zero-order valence-electron chi connectivity index (χ0n) is 17.5. The number of rotatable bonds is 9. The maximum atomic E-state index is 12.6. The molecule has 3 rings (SSSR count). The van der Waals surface area contributed by atoms with Crippen LogP contribution >= 0.6 is 0 Å². The molecule has 162 valence electrons. The van der Waals surface area contributed by atoms with Crippen LogP contribution < -0.4 is 14.8 Å². The SMILES string of the molecule is COc1ccc(S(=O)(=O)Nc2cccc(C(=O)N[C@@H](C)CCc3ccccc3)c2)cc1. The number of benzene rings is 3. The van der Waals surface area contributed by atoms with E-state index in [4.69, 9.17) is 4.74 Å². The summed E-state index contributed by atoms with van der Waals surface area (Å²) in [7, 11) is -2.27. The minimum absolute atomic E-state index is 0.0210. The maximum absolute atomic E-state index is 12.6. The van der Waals surface area contributed by atoms with Crippen molar-refractivity contribution >= 4 is 21.6 Å². The van der Waals surface area contributed by atoms with E-state index in [9.17, 15) is 13.2 Å². The molecule has 31 heavy (non-hydrogen) atoms. The molecule has 2 N–H and O–H groups in total. The molecule has 3 aromatic rings. The molecule has 0 radical (unpaired) electrons. The van der Waals surface area contributed by atoms with E-state index < -0.39 is 10.0 Å². The summed E-state index contributed by atoms with van der Waals surface area (Å²) in [4.78, 5) is 12.7. The number of amides is 1. The molecule has 1 atom stereocenters. The highest BCUT2D eigenvalue weighted by Crippen LogP contribution is 2.20. The van der Waals surface area contributed by atoms with Crippen LogP contribution in [0, 0.1) is 0 Å². The molecule has 0 unspecified atom stereocenters. The number of hydrogen-bond donors (Lipinski definition) is 2. The van der Waals surface area contributed by atoms with Crippen molar-refractivity contribution in [3.05, 3.63) is 90.0 Å². The van der Waals surface area contributed by atoms with Gasteiger partial charge in [-0.3, -0.25) is 9.52 Å². The van der Waals surface area contributed by atoms with Gasteiger partial charge >= 0.3 is 0 Å². The highest BCUT2D eigenvalue weighted by Gasteiger charge is 2.16. The average Bonchev–Trinajstić information content (AvgIpc) is 2.78. The van der Waals surface area contributed by atoms with E-state index in [2.05, 4.69) is 22.2 Å². The fourth-order valence-electron chi connectivity index (χ4n) is 3.10.